The summed E-state index contributed by atoms with van der Waals surface area (Å²) in [4.78, 5) is 16.0. The van der Waals surface area contributed by atoms with E-state index in [1.807, 2.05) is 24.3 Å². The smallest absolute Gasteiger partial charge is 0.277 e. The summed E-state index contributed by atoms with van der Waals surface area (Å²) in [5.41, 5.74) is 0.812. The lowest BCUT2D eigenvalue weighted by atomic mass is 10.2. The van der Waals surface area contributed by atoms with Crippen LogP contribution in [0.2, 0.25) is 0 Å². The van der Waals surface area contributed by atoms with Crippen LogP contribution in [0.4, 0.5) is 5.82 Å². The number of amides is 1. The van der Waals surface area contributed by atoms with Crippen molar-refractivity contribution in [1.82, 2.24) is 15.2 Å². The number of nitrogens with one attached hydrogen (secondary N) is 1. The van der Waals surface area contributed by atoms with Gasteiger partial charge in [-0.2, -0.15) is 0 Å². The number of aromatic nitrogens is 3. The predicted octanol–water partition coefficient (Wildman–Crippen LogP) is 4.39. The summed E-state index contributed by atoms with van der Waals surface area (Å²) in [6, 6.07) is 11.1. The van der Waals surface area contributed by atoms with Gasteiger partial charge in [0.2, 0.25) is 11.8 Å². The lowest BCUT2D eigenvalue weighted by Gasteiger charge is -2.02. The number of rotatable bonds is 5. The maximum absolute atomic E-state index is 11.9. The lowest BCUT2D eigenvalue weighted by Crippen LogP contribution is -2.14. The number of hydrogen-bond acceptors (Lipinski definition) is 6. The molecule has 9 heteroatoms. The fraction of sp³-hybridized carbons (Fsp3) is 0.0667. The van der Waals surface area contributed by atoms with Crippen LogP contribution < -0.4 is 5.32 Å². The molecule has 2 heterocycles. The third kappa shape index (κ3) is 4.65. The van der Waals surface area contributed by atoms with Gasteiger partial charge in [0, 0.05) is 20.7 Å². The van der Waals surface area contributed by atoms with Gasteiger partial charge in [-0.3, -0.25) is 4.79 Å². The summed E-state index contributed by atoms with van der Waals surface area (Å²) in [6.07, 6.45) is 1.62. The molecule has 0 bridgehead atoms. The van der Waals surface area contributed by atoms with Crippen LogP contribution in [0.15, 0.2) is 61.2 Å². The van der Waals surface area contributed by atoms with Gasteiger partial charge < -0.3 is 9.73 Å². The standard InChI is InChI=1S/C15H10Br2N4O2S/c16-10-3-1-2-9(6-10)14-20-21-15(23-14)24-8-13(22)19-12-5-4-11(17)7-18-12/h1-7H,8H2,(H,18,19,22). The fourth-order valence-electron chi connectivity index (χ4n) is 1.76. The van der Waals surface area contributed by atoms with Crippen molar-refractivity contribution in [2.75, 3.05) is 11.1 Å². The normalized spacial score (nSPS) is 10.6. The van der Waals surface area contributed by atoms with Gasteiger partial charge in [0.05, 0.1) is 5.75 Å². The second-order valence-corrected chi connectivity index (χ2v) is 7.34. The zero-order valence-electron chi connectivity index (χ0n) is 12.1. The summed E-state index contributed by atoms with van der Waals surface area (Å²) in [7, 11) is 0. The van der Waals surface area contributed by atoms with Gasteiger partial charge in [-0.25, -0.2) is 4.98 Å². The van der Waals surface area contributed by atoms with E-state index >= 15 is 0 Å². The average Bonchev–Trinajstić information content (AvgIpc) is 3.04. The van der Waals surface area contributed by atoms with Gasteiger partial charge >= 0.3 is 0 Å². The number of nitrogens with zero attached hydrogens (tertiary/aromatic N) is 3. The highest BCUT2D eigenvalue weighted by molar-refractivity contribution is 9.10. The molecule has 0 spiro atoms. The zero-order chi connectivity index (χ0) is 16.9. The maximum Gasteiger partial charge on any atom is 0.277 e. The first-order valence-electron chi connectivity index (χ1n) is 6.74. The predicted molar refractivity (Wildman–Crippen MR) is 98.7 cm³/mol. The number of pyridine rings is 1. The first-order valence-corrected chi connectivity index (χ1v) is 9.31. The highest BCUT2D eigenvalue weighted by Gasteiger charge is 2.12. The monoisotopic (exact) mass is 468 g/mol. The van der Waals surface area contributed by atoms with Gasteiger partial charge in [-0.1, -0.05) is 33.8 Å². The molecule has 3 aromatic rings. The van der Waals surface area contributed by atoms with Crippen LogP contribution in [-0.2, 0) is 4.79 Å². The van der Waals surface area contributed by atoms with Crippen molar-refractivity contribution < 1.29 is 9.21 Å². The van der Waals surface area contributed by atoms with Crippen LogP contribution >= 0.6 is 43.6 Å². The molecule has 3 rings (SSSR count). The van der Waals surface area contributed by atoms with Crippen molar-refractivity contribution in [3.8, 4) is 11.5 Å². The molecule has 1 aromatic carbocycles. The molecule has 6 nitrogen and oxygen atoms in total. The zero-order valence-corrected chi connectivity index (χ0v) is 16.1. The third-order valence-corrected chi connectivity index (χ3v) is 4.58. The highest BCUT2D eigenvalue weighted by atomic mass is 79.9. The van der Waals surface area contributed by atoms with Gasteiger partial charge in [-0.05, 0) is 46.3 Å². The lowest BCUT2D eigenvalue weighted by molar-refractivity contribution is -0.113. The quantitative estimate of drug-likeness (QED) is 0.558. The SMILES string of the molecule is O=C(CSc1nnc(-c2cccc(Br)c2)o1)Nc1ccc(Br)cn1. The van der Waals surface area contributed by atoms with Gasteiger partial charge in [-0.15, -0.1) is 10.2 Å². The van der Waals surface area contributed by atoms with Gasteiger partial charge in [0.25, 0.3) is 5.22 Å². The van der Waals surface area contributed by atoms with E-state index in [0.29, 0.717) is 16.9 Å². The molecule has 0 aliphatic heterocycles. The minimum atomic E-state index is -0.197. The molecule has 122 valence electrons. The Morgan fingerprint density at radius 3 is 2.79 bits per heavy atom. The summed E-state index contributed by atoms with van der Waals surface area (Å²) < 4.78 is 7.33. The van der Waals surface area contributed by atoms with E-state index in [4.69, 9.17) is 4.42 Å². The second-order valence-electron chi connectivity index (χ2n) is 4.58. The molecule has 0 aliphatic carbocycles. The number of carbonyl (C=O) groups excluding carboxylic acids is 1. The molecule has 24 heavy (non-hydrogen) atoms. The van der Waals surface area contributed by atoms with Crippen molar-refractivity contribution >= 4 is 55.3 Å². The van der Waals surface area contributed by atoms with Crippen LogP contribution in [0, 0.1) is 0 Å². The van der Waals surface area contributed by atoms with E-state index < -0.39 is 0 Å². The van der Waals surface area contributed by atoms with E-state index in [9.17, 15) is 4.79 Å². The molecule has 0 atom stereocenters. The minimum absolute atomic E-state index is 0.151. The van der Waals surface area contributed by atoms with Crippen LogP contribution in [0.3, 0.4) is 0 Å². The molecule has 2 aromatic heterocycles. The Balaban J connectivity index is 1.57. The molecule has 0 saturated carbocycles. The van der Waals surface area contributed by atoms with Crippen LogP contribution in [0.1, 0.15) is 0 Å². The first kappa shape index (κ1) is 17.1. The summed E-state index contributed by atoms with van der Waals surface area (Å²) in [6.45, 7) is 0. The number of thioether (sulfide) groups is 1. The number of hydrogen-bond donors (Lipinski definition) is 1. The molecule has 0 radical (unpaired) electrons. The largest absolute Gasteiger partial charge is 0.411 e. The van der Waals surface area contributed by atoms with Crippen molar-refractivity contribution in [3.05, 3.63) is 51.5 Å². The van der Waals surface area contributed by atoms with E-state index in [2.05, 4.69) is 52.4 Å². The number of carbonyl (C=O) groups is 1. The maximum atomic E-state index is 11.9. The van der Waals surface area contributed by atoms with E-state index in [1.54, 1.807) is 18.3 Å². The van der Waals surface area contributed by atoms with Crippen LogP contribution in [-0.4, -0.2) is 26.8 Å². The van der Waals surface area contributed by atoms with E-state index in [1.165, 1.54) is 11.8 Å². The molecule has 0 aliphatic rings. The molecule has 1 amide bonds. The van der Waals surface area contributed by atoms with Crippen LogP contribution in [0.25, 0.3) is 11.5 Å². The molecule has 0 fully saturated rings. The summed E-state index contributed by atoms with van der Waals surface area (Å²) >= 11 is 7.85. The Hall–Kier alpha value is -1.71. The molecular formula is C15H10Br2N4O2S. The number of anilines is 1. The Bertz CT molecular complexity index is 855. The molecular weight excluding hydrogens is 460 g/mol. The molecule has 0 unspecified atom stereocenters. The summed E-state index contributed by atoms with van der Waals surface area (Å²) in [5, 5.41) is 11.0. The minimum Gasteiger partial charge on any atom is -0.411 e. The van der Waals surface area contributed by atoms with E-state index in [-0.39, 0.29) is 11.7 Å². The Kier molecular flexibility index (Phi) is 5.64. The summed E-state index contributed by atoms with van der Waals surface area (Å²) in [5.74, 6) is 0.854. The third-order valence-electron chi connectivity index (χ3n) is 2.80. The molecule has 0 saturated heterocycles. The van der Waals surface area contributed by atoms with Gasteiger partial charge in [0.15, 0.2) is 0 Å². The van der Waals surface area contributed by atoms with Crippen molar-refractivity contribution in [2.45, 2.75) is 5.22 Å². The number of halogens is 2. The number of benzene rings is 1. The second kappa shape index (κ2) is 7.91. The van der Waals surface area contributed by atoms with Crippen molar-refractivity contribution in [3.63, 3.8) is 0 Å². The Labute approximate surface area is 158 Å². The van der Waals surface area contributed by atoms with E-state index in [0.717, 1.165) is 14.5 Å². The molecule has 1 N–H and O–H groups in total. The first-order chi connectivity index (χ1) is 11.6. The van der Waals surface area contributed by atoms with Crippen molar-refractivity contribution in [2.24, 2.45) is 0 Å². The van der Waals surface area contributed by atoms with Gasteiger partial charge in [0.1, 0.15) is 5.82 Å². The average molecular weight is 470 g/mol. The Morgan fingerprint density at radius 2 is 2.04 bits per heavy atom. The fourth-order valence-corrected chi connectivity index (χ4v) is 2.96. The Morgan fingerprint density at radius 1 is 1.17 bits per heavy atom. The topological polar surface area (TPSA) is 80.9 Å². The highest BCUT2D eigenvalue weighted by Crippen LogP contribution is 2.25. The van der Waals surface area contributed by atoms with Crippen LogP contribution in [0.5, 0.6) is 0 Å². The van der Waals surface area contributed by atoms with Crippen molar-refractivity contribution in [1.29, 1.82) is 0 Å².